The first-order valence-corrected chi connectivity index (χ1v) is 8.97. The van der Waals surface area contributed by atoms with Crippen LogP contribution in [0.15, 0.2) is 0 Å². The van der Waals surface area contributed by atoms with Gasteiger partial charge in [0.2, 0.25) is 29.5 Å². The predicted molar refractivity (Wildman–Crippen MR) is 102 cm³/mol. The number of hydrogen-bond donors (Lipinski definition) is 8. The van der Waals surface area contributed by atoms with Gasteiger partial charge in [0.15, 0.2) is 0 Å². The molecule has 15 heteroatoms. The Kier molecular flexibility index (Phi) is 11.8. The van der Waals surface area contributed by atoms with Gasteiger partial charge in [-0.2, -0.15) is 0 Å². The lowest BCUT2D eigenvalue weighted by molar-refractivity contribution is -0.142. The molecule has 0 saturated heterocycles. The van der Waals surface area contributed by atoms with E-state index in [1.807, 2.05) is 0 Å². The number of carbonyl (C=O) groups excluding carboxylic acids is 5. The highest BCUT2D eigenvalue weighted by Gasteiger charge is 2.28. The second kappa shape index (κ2) is 13.5. The van der Waals surface area contributed by atoms with Crippen molar-refractivity contribution in [3.63, 3.8) is 0 Å². The van der Waals surface area contributed by atoms with E-state index in [9.17, 15) is 33.6 Å². The van der Waals surface area contributed by atoms with Crippen LogP contribution in [0.25, 0.3) is 0 Å². The molecule has 0 bridgehead atoms. The Bertz CT molecular complexity index is 726. The van der Waals surface area contributed by atoms with Crippen LogP contribution in [0.1, 0.15) is 32.1 Å². The number of aliphatic carboxylic acids is 2. The van der Waals surface area contributed by atoms with Crippen LogP contribution in [0.2, 0.25) is 0 Å². The third kappa shape index (κ3) is 12.4. The highest BCUT2D eigenvalue weighted by atomic mass is 16.4. The van der Waals surface area contributed by atoms with Gasteiger partial charge in [-0.3, -0.25) is 28.8 Å². The number of nitrogens with two attached hydrogens (primary N) is 3. The third-order valence-corrected chi connectivity index (χ3v) is 3.78. The Labute approximate surface area is 176 Å². The number of carboxylic acids is 2. The number of nitrogens with one attached hydrogen (secondary N) is 3. The fraction of sp³-hybridized carbons (Fsp3) is 0.562. The SMILES string of the molecule is NC(=O)CCC(NC(=O)C(CC(N)=O)NC(=O)CNC(=O)C(N)CCC(=O)O)C(=O)O. The van der Waals surface area contributed by atoms with Gasteiger partial charge in [-0.15, -0.1) is 0 Å². The molecule has 3 atom stereocenters. The standard InChI is InChI=1S/C16H26N6O9/c17-7(1-4-13(26)27)14(28)20-6-12(25)21-9(5-11(19)24)15(29)22-8(16(30)31)2-3-10(18)23/h7-9H,1-6,17H2,(H2,18,23)(H2,19,24)(H,20,28)(H,21,25)(H,22,29)(H,26,27)(H,30,31). The van der Waals surface area contributed by atoms with Crippen LogP contribution < -0.4 is 33.2 Å². The lowest BCUT2D eigenvalue weighted by atomic mass is 10.1. The summed E-state index contributed by atoms with van der Waals surface area (Å²) in [6.07, 6.45) is -1.86. The van der Waals surface area contributed by atoms with Crippen LogP contribution in [-0.2, 0) is 33.6 Å². The number of amides is 5. The molecule has 0 saturated carbocycles. The first-order chi connectivity index (χ1) is 14.3. The van der Waals surface area contributed by atoms with Gasteiger partial charge in [0.25, 0.3) is 0 Å². The minimum absolute atomic E-state index is 0.169. The lowest BCUT2D eigenvalue weighted by Gasteiger charge is -2.20. The first-order valence-electron chi connectivity index (χ1n) is 8.97. The number of primary amides is 2. The van der Waals surface area contributed by atoms with E-state index in [0.717, 1.165) is 0 Å². The highest BCUT2D eigenvalue weighted by molar-refractivity contribution is 5.95. The summed E-state index contributed by atoms with van der Waals surface area (Å²) in [4.78, 5) is 79.7. The highest BCUT2D eigenvalue weighted by Crippen LogP contribution is 2.01. The molecule has 0 rings (SSSR count). The molecule has 31 heavy (non-hydrogen) atoms. The number of hydrogen-bond acceptors (Lipinski definition) is 8. The van der Waals surface area contributed by atoms with Crippen molar-refractivity contribution in [2.75, 3.05) is 6.54 Å². The fourth-order valence-corrected chi connectivity index (χ4v) is 2.18. The van der Waals surface area contributed by atoms with E-state index in [1.165, 1.54) is 0 Å². The molecule has 174 valence electrons. The third-order valence-electron chi connectivity index (χ3n) is 3.78. The largest absolute Gasteiger partial charge is 0.481 e. The summed E-state index contributed by atoms with van der Waals surface area (Å²) in [5.41, 5.74) is 15.5. The summed E-state index contributed by atoms with van der Waals surface area (Å²) < 4.78 is 0. The summed E-state index contributed by atoms with van der Waals surface area (Å²) in [5, 5.41) is 24.0. The van der Waals surface area contributed by atoms with Crippen molar-refractivity contribution in [1.82, 2.24) is 16.0 Å². The van der Waals surface area contributed by atoms with Crippen LogP contribution in [0.4, 0.5) is 0 Å². The van der Waals surface area contributed by atoms with Gasteiger partial charge in [-0.25, -0.2) is 4.79 Å². The molecule has 0 aromatic heterocycles. The fourth-order valence-electron chi connectivity index (χ4n) is 2.18. The summed E-state index contributed by atoms with van der Waals surface area (Å²) in [5.74, 6) is -7.20. The quantitative estimate of drug-likeness (QED) is 0.119. The molecule has 11 N–H and O–H groups in total. The molecule has 0 aliphatic heterocycles. The molecule has 0 aromatic rings. The zero-order chi connectivity index (χ0) is 24.1. The smallest absolute Gasteiger partial charge is 0.326 e. The normalized spacial score (nSPS) is 13.2. The van der Waals surface area contributed by atoms with Crippen LogP contribution in [0.5, 0.6) is 0 Å². The number of carbonyl (C=O) groups is 7. The molecular weight excluding hydrogens is 420 g/mol. The van der Waals surface area contributed by atoms with Crippen molar-refractivity contribution in [3.8, 4) is 0 Å². The van der Waals surface area contributed by atoms with E-state index in [1.54, 1.807) is 0 Å². The van der Waals surface area contributed by atoms with Gasteiger partial charge in [0.05, 0.1) is 19.0 Å². The maximum absolute atomic E-state index is 12.3. The van der Waals surface area contributed by atoms with Gasteiger partial charge >= 0.3 is 11.9 Å². The van der Waals surface area contributed by atoms with Gasteiger partial charge in [-0.05, 0) is 12.8 Å². The summed E-state index contributed by atoms with van der Waals surface area (Å²) in [6.45, 7) is -0.661. The van der Waals surface area contributed by atoms with E-state index in [2.05, 4.69) is 16.0 Å². The van der Waals surface area contributed by atoms with Crippen molar-refractivity contribution in [1.29, 1.82) is 0 Å². The van der Waals surface area contributed by atoms with E-state index in [4.69, 9.17) is 27.4 Å². The van der Waals surface area contributed by atoms with Crippen LogP contribution in [-0.4, -0.2) is 76.4 Å². The minimum Gasteiger partial charge on any atom is -0.481 e. The Morgan fingerprint density at radius 2 is 1.39 bits per heavy atom. The first kappa shape index (κ1) is 27.2. The second-order valence-corrected chi connectivity index (χ2v) is 6.45. The zero-order valence-electron chi connectivity index (χ0n) is 16.5. The monoisotopic (exact) mass is 446 g/mol. The summed E-state index contributed by atoms with van der Waals surface area (Å²) in [6, 6.07) is -4.26. The van der Waals surface area contributed by atoms with Crippen LogP contribution in [0, 0.1) is 0 Å². The van der Waals surface area contributed by atoms with Crippen molar-refractivity contribution in [2.45, 2.75) is 50.2 Å². The van der Waals surface area contributed by atoms with Crippen molar-refractivity contribution < 1.29 is 43.8 Å². The molecular formula is C16H26N6O9. The average molecular weight is 446 g/mol. The molecule has 15 nitrogen and oxygen atoms in total. The predicted octanol–water partition coefficient (Wildman–Crippen LogP) is -4.51. The van der Waals surface area contributed by atoms with E-state index in [0.29, 0.717) is 0 Å². The Morgan fingerprint density at radius 1 is 0.774 bits per heavy atom. The van der Waals surface area contributed by atoms with Crippen molar-refractivity contribution in [3.05, 3.63) is 0 Å². The van der Waals surface area contributed by atoms with Gasteiger partial charge in [0.1, 0.15) is 12.1 Å². The lowest BCUT2D eigenvalue weighted by Crippen LogP contribution is -2.54. The second-order valence-electron chi connectivity index (χ2n) is 6.45. The molecule has 3 unspecified atom stereocenters. The molecule has 0 fully saturated rings. The van der Waals surface area contributed by atoms with Gasteiger partial charge in [0, 0.05) is 12.8 Å². The molecule has 0 aliphatic rings. The Balaban J connectivity index is 4.90. The van der Waals surface area contributed by atoms with Crippen LogP contribution >= 0.6 is 0 Å². The van der Waals surface area contributed by atoms with Crippen molar-refractivity contribution in [2.24, 2.45) is 17.2 Å². The number of rotatable bonds is 15. The molecule has 0 spiro atoms. The number of carboxylic acid groups (broad SMARTS) is 2. The molecule has 0 heterocycles. The Morgan fingerprint density at radius 3 is 1.87 bits per heavy atom. The summed E-state index contributed by atoms with van der Waals surface area (Å²) in [7, 11) is 0. The Hall–Kier alpha value is -3.75. The topological polar surface area (TPSA) is 274 Å². The minimum atomic E-state index is -1.56. The van der Waals surface area contributed by atoms with E-state index < -0.39 is 72.6 Å². The molecule has 0 aliphatic carbocycles. The van der Waals surface area contributed by atoms with Crippen LogP contribution in [0.3, 0.4) is 0 Å². The van der Waals surface area contributed by atoms with Gasteiger partial charge in [-0.1, -0.05) is 0 Å². The maximum Gasteiger partial charge on any atom is 0.326 e. The maximum atomic E-state index is 12.3. The van der Waals surface area contributed by atoms with E-state index in [-0.39, 0.29) is 25.7 Å². The average Bonchev–Trinajstić information content (AvgIpc) is 2.65. The molecule has 0 aromatic carbocycles. The summed E-state index contributed by atoms with van der Waals surface area (Å²) >= 11 is 0. The van der Waals surface area contributed by atoms with Crippen molar-refractivity contribution >= 4 is 41.5 Å². The molecule has 0 radical (unpaired) electrons. The molecule has 5 amide bonds. The zero-order valence-corrected chi connectivity index (χ0v) is 16.5. The van der Waals surface area contributed by atoms with E-state index >= 15 is 0 Å². The van der Waals surface area contributed by atoms with Gasteiger partial charge < -0.3 is 43.4 Å².